The lowest BCUT2D eigenvalue weighted by molar-refractivity contribution is 0.233. The van der Waals surface area contributed by atoms with Crippen molar-refractivity contribution in [2.75, 3.05) is 19.7 Å². The van der Waals surface area contributed by atoms with E-state index in [9.17, 15) is 8.42 Å². The Balaban J connectivity index is 2.31. The third-order valence-electron chi connectivity index (χ3n) is 3.26. The van der Waals surface area contributed by atoms with Crippen LogP contribution in [-0.4, -0.2) is 37.5 Å². The molecule has 1 aliphatic heterocycles. The van der Waals surface area contributed by atoms with Crippen LogP contribution < -0.4 is 0 Å². The summed E-state index contributed by atoms with van der Waals surface area (Å²) in [5.74, 6) is 0.0653. The number of benzene rings is 1. The molecule has 1 aliphatic rings. The Morgan fingerprint density at radius 1 is 1.50 bits per heavy atom. The quantitative estimate of drug-likeness (QED) is 0.916. The van der Waals surface area contributed by atoms with Crippen LogP contribution in [0.2, 0.25) is 0 Å². The molecule has 1 fully saturated rings. The minimum Gasteiger partial charge on any atom is -0.396 e. The monoisotopic (exact) mass is 333 g/mol. The molecule has 1 unspecified atom stereocenters. The maximum absolute atomic E-state index is 12.5. The molecule has 18 heavy (non-hydrogen) atoms. The van der Waals surface area contributed by atoms with E-state index < -0.39 is 10.0 Å². The van der Waals surface area contributed by atoms with E-state index in [1.165, 1.54) is 4.31 Å². The van der Waals surface area contributed by atoms with E-state index in [0.29, 0.717) is 18.0 Å². The Labute approximate surface area is 116 Å². The van der Waals surface area contributed by atoms with Gasteiger partial charge < -0.3 is 5.11 Å². The third-order valence-corrected chi connectivity index (χ3v) is 5.78. The van der Waals surface area contributed by atoms with E-state index in [1.54, 1.807) is 25.1 Å². The molecule has 1 saturated heterocycles. The van der Waals surface area contributed by atoms with Crippen LogP contribution in [0.5, 0.6) is 0 Å². The minimum absolute atomic E-state index is 0.0470. The summed E-state index contributed by atoms with van der Waals surface area (Å²) in [7, 11) is -3.43. The third kappa shape index (κ3) is 2.61. The Kier molecular flexibility index (Phi) is 4.11. The molecular formula is C12H16BrNO3S. The predicted molar refractivity (Wildman–Crippen MR) is 72.8 cm³/mol. The topological polar surface area (TPSA) is 57.6 Å². The first-order valence-electron chi connectivity index (χ1n) is 5.82. The van der Waals surface area contributed by atoms with E-state index in [1.807, 2.05) is 0 Å². The maximum atomic E-state index is 12.5. The summed E-state index contributed by atoms with van der Waals surface area (Å²) in [6.45, 7) is 2.74. The van der Waals surface area contributed by atoms with E-state index >= 15 is 0 Å². The minimum atomic E-state index is -3.43. The molecule has 1 heterocycles. The highest BCUT2D eigenvalue weighted by Crippen LogP contribution is 2.27. The zero-order valence-electron chi connectivity index (χ0n) is 10.1. The molecule has 1 aromatic rings. The summed E-state index contributed by atoms with van der Waals surface area (Å²) in [6, 6.07) is 5.16. The molecule has 0 bridgehead atoms. The number of aliphatic hydroxyl groups is 1. The highest BCUT2D eigenvalue weighted by molar-refractivity contribution is 9.10. The second kappa shape index (κ2) is 5.28. The van der Waals surface area contributed by atoms with Crippen molar-refractivity contribution >= 4 is 26.0 Å². The lowest BCUT2D eigenvalue weighted by Gasteiger charge is -2.17. The smallest absolute Gasteiger partial charge is 0.243 e. The molecular weight excluding hydrogens is 318 g/mol. The van der Waals surface area contributed by atoms with Gasteiger partial charge in [-0.05, 0) is 43.0 Å². The molecule has 0 saturated carbocycles. The van der Waals surface area contributed by atoms with Crippen molar-refractivity contribution < 1.29 is 13.5 Å². The molecule has 0 aromatic heterocycles. The summed E-state index contributed by atoms with van der Waals surface area (Å²) in [6.07, 6.45) is 0.727. The number of hydrogen-bond acceptors (Lipinski definition) is 3. The summed E-state index contributed by atoms with van der Waals surface area (Å²) in [5, 5.41) is 9.08. The van der Waals surface area contributed by atoms with Gasteiger partial charge in [-0.3, -0.25) is 0 Å². The number of aryl methyl sites for hydroxylation is 1. The Hall–Kier alpha value is -0.430. The van der Waals surface area contributed by atoms with Gasteiger partial charge in [0.15, 0.2) is 0 Å². The van der Waals surface area contributed by atoms with Crippen molar-refractivity contribution in [2.45, 2.75) is 18.2 Å². The van der Waals surface area contributed by atoms with Crippen molar-refractivity contribution in [3.8, 4) is 0 Å². The van der Waals surface area contributed by atoms with Crippen molar-refractivity contribution in [3.05, 3.63) is 28.2 Å². The van der Waals surface area contributed by atoms with Gasteiger partial charge in [0.1, 0.15) is 0 Å². The highest BCUT2D eigenvalue weighted by Gasteiger charge is 2.32. The molecule has 0 aliphatic carbocycles. The summed E-state index contributed by atoms with van der Waals surface area (Å²) in [5.41, 5.74) is 0.733. The SMILES string of the molecule is Cc1cc(Br)ccc1S(=O)(=O)N1CCC(CO)C1. The first-order chi connectivity index (χ1) is 8.45. The Morgan fingerprint density at radius 3 is 2.78 bits per heavy atom. The lowest BCUT2D eigenvalue weighted by atomic mass is 10.1. The van der Waals surface area contributed by atoms with Crippen LogP contribution in [-0.2, 0) is 10.0 Å². The largest absolute Gasteiger partial charge is 0.396 e. The predicted octanol–water partition coefficient (Wildman–Crippen LogP) is 1.76. The van der Waals surface area contributed by atoms with E-state index in [0.717, 1.165) is 16.5 Å². The first-order valence-corrected chi connectivity index (χ1v) is 8.05. The molecule has 4 nitrogen and oxygen atoms in total. The number of halogens is 1. The Bertz CT molecular complexity index is 544. The second-order valence-corrected chi connectivity index (χ2v) is 7.43. The summed E-state index contributed by atoms with van der Waals surface area (Å²) in [4.78, 5) is 0.351. The normalized spacial score (nSPS) is 21.4. The van der Waals surface area contributed by atoms with Gasteiger partial charge in [-0.25, -0.2) is 8.42 Å². The average Bonchev–Trinajstić information content (AvgIpc) is 2.77. The molecule has 0 spiro atoms. The number of aliphatic hydroxyl groups excluding tert-OH is 1. The molecule has 6 heteroatoms. The summed E-state index contributed by atoms with van der Waals surface area (Å²) >= 11 is 3.33. The molecule has 0 radical (unpaired) electrons. The van der Waals surface area contributed by atoms with Crippen LogP contribution >= 0.6 is 15.9 Å². The number of rotatable bonds is 3. The molecule has 1 aromatic carbocycles. The van der Waals surface area contributed by atoms with Crippen molar-refractivity contribution in [1.29, 1.82) is 0 Å². The number of sulfonamides is 1. The van der Waals surface area contributed by atoms with Crippen LogP contribution in [0.25, 0.3) is 0 Å². The molecule has 1 N–H and O–H groups in total. The van der Waals surface area contributed by atoms with Crippen LogP contribution in [0.4, 0.5) is 0 Å². The highest BCUT2D eigenvalue weighted by atomic mass is 79.9. The van der Waals surface area contributed by atoms with Gasteiger partial charge in [0.25, 0.3) is 0 Å². The Morgan fingerprint density at radius 2 is 2.22 bits per heavy atom. The van der Waals surface area contributed by atoms with Crippen molar-refractivity contribution in [3.63, 3.8) is 0 Å². The lowest BCUT2D eigenvalue weighted by Crippen LogP contribution is -2.29. The van der Waals surface area contributed by atoms with Gasteiger partial charge in [0.05, 0.1) is 4.90 Å². The van der Waals surface area contributed by atoms with Crippen LogP contribution in [0.1, 0.15) is 12.0 Å². The fourth-order valence-electron chi connectivity index (χ4n) is 2.21. The van der Waals surface area contributed by atoms with Gasteiger partial charge in [0.2, 0.25) is 10.0 Å². The van der Waals surface area contributed by atoms with E-state index in [2.05, 4.69) is 15.9 Å². The standard InChI is InChI=1S/C12H16BrNO3S/c1-9-6-11(13)2-3-12(9)18(16,17)14-5-4-10(7-14)8-15/h2-3,6,10,15H,4-5,7-8H2,1H3. The molecule has 2 rings (SSSR count). The van der Waals surface area contributed by atoms with Crippen LogP contribution in [0.3, 0.4) is 0 Å². The van der Waals surface area contributed by atoms with Crippen molar-refractivity contribution in [1.82, 2.24) is 4.31 Å². The average molecular weight is 334 g/mol. The molecule has 0 amide bonds. The van der Waals surface area contributed by atoms with Crippen LogP contribution in [0, 0.1) is 12.8 Å². The fraction of sp³-hybridized carbons (Fsp3) is 0.500. The zero-order chi connectivity index (χ0) is 13.3. The van der Waals surface area contributed by atoms with Gasteiger partial charge in [0, 0.05) is 24.2 Å². The summed E-state index contributed by atoms with van der Waals surface area (Å²) < 4.78 is 27.2. The first kappa shape index (κ1) is 14.0. The van der Waals surface area contributed by atoms with Gasteiger partial charge in [-0.1, -0.05) is 15.9 Å². The van der Waals surface area contributed by atoms with Gasteiger partial charge in [-0.15, -0.1) is 0 Å². The maximum Gasteiger partial charge on any atom is 0.243 e. The van der Waals surface area contributed by atoms with Crippen LogP contribution in [0.15, 0.2) is 27.6 Å². The number of nitrogens with zero attached hydrogens (tertiary/aromatic N) is 1. The fourth-order valence-corrected chi connectivity index (χ4v) is 4.42. The van der Waals surface area contributed by atoms with Gasteiger partial charge >= 0.3 is 0 Å². The molecule has 100 valence electrons. The molecule has 1 atom stereocenters. The van der Waals surface area contributed by atoms with E-state index in [-0.39, 0.29) is 12.5 Å². The van der Waals surface area contributed by atoms with Gasteiger partial charge in [-0.2, -0.15) is 4.31 Å². The number of hydrogen-bond donors (Lipinski definition) is 1. The second-order valence-electron chi connectivity index (χ2n) is 4.61. The van der Waals surface area contributed by atoms with E-state index in [4.69, 9.17) is 5.11 Å². The zero-order valence-corrected chi connectivity index (χ0v) is 12.5. The van der Waals surface area contributed by atoms with Crippen molar-refractivity contribution in [2.24, 2.45) is 5.92 Å².